The van der Waals surface area contributed by atoms with Crippen molar-refractivity contribution in [2.24, 2.45) is 0 Å². The van der Waals surface area contributed by atoms with Gasteiger partial charge >= 0.3 is 0 Å². The molecular formula is C17H20N4. The number of para-hydroxylation sites is 1. The van der Waals surface area contributed by atoms with E-state index in [0.717, 1.165) is 37.3 Å². The molecule has 0 radical (unpaired) electrons. The Hall–Kier alpha value is -2.25. The summed E-state index contributed by atoms with van der Waals surface area (Å²) in [6.07, 6.45) is 6.33. The Morgan fingerprint density at radius 2 is 2.24 bits per heavy atom. The molecule has 1 saturated heterocycles. The molecule has 4 nitrogen and oxygen atoms in total. The zero-order chi connectivity index (χ0) is 14.5. The molecule has 1 fully saturated rings. The van der Waals surface area contributed by atoms with Crippen molar-refractivity contribution in [3.05, 3.63) is 53.9 Å². The maximum absolute atomic E-state index is 9.25. The normalized spacial score (nSPS) is 18.4. The van der Waals surface area contributed by atoms with Gasteiger partial charge in [-0.1, -0.05) is 12.1 Å². The third kappa shape index (κ3) is 3.26. The predicted molar refractivity (Wildman–Crippen MR) is 84.0 cm³/mol. The first-order chi connectivity index (χ1) is 10.4. The first-order valence-corrected chi connectivity index (χ1v) is 7.46. The number of nitrogens with one attached hydrogen (secondary N) is 2. The van der Waals surface area contributed by atoms with Crippen LogP contribution in [0.2, 0.25) is 0 Å². The fourth-order valence-corrected chi connectivity index (χ4v) is 2.94. The van der Waals surface area contributed by atoms with Crippen molar-refractivity contribution in [1.29, 1.82) is 5.26 Å². The lowest BCUT2D eigenvalue weighted by Gasteiger charge is -2.35. The van der Waals surface area contributed by atoms with Crippen LogP contribution < -0.4 is 10.2 Å². The molecule has 1 unspecified atom stereocenters. The van der Waals surface area contributed by atoms with E-state index in [2.05, 4.69) is 27.3 Å². The van der Waals surface area contributed by atoms with E-state index in [0.29, 0.717) is 6.04 Å². The Kier molecular flexibility index (Phi) is 4.23. The topological polar surface area (TPSA) is 54.9 Å². The lowest BCUT2D eigenvalue weighted by atomic mass is 10.0. The zero-order valence-corrected chi connectivity index (χ0v) is 12.0. The molecule has 1 atom stereocenters. The number of rotatable bonds is 4. The molecule has 1 aromatic carbocycles. The lowest BCUT2D eigenvalue weighted by Crippen LogP contribution is -2.45. The molecule has 3 rings (SSSR count). The highest BCUT2D eigenvalue weighted by Gasteiger charge is 2.21. The minimum Gasteiger partial charge on any atom is -0.369 e. The number of nitriles is 1. The van der Waals surface area contributed by atoms with Crippen molar-refractivity contribution >= 4 is 5.69 Å². The van der Waals surface area contributed by atoms with Gasteiger partial charge in [0.2, 0.25) is 0 Å². The highest BCUT2D eigenvalue weighted by atomic mass is 15.2. The Bertz CT molecular complexity index is 612. The number of aromatic amines is 1. The van der Waals surface area contributed by atoms with Gasteiger partial charge < -0.3 is 15.2 Å². The molecule has 4 heteroatoms. The van der Waals surface area contributed by atoms with E-state index in [1.807, 2.05) is 36.7 Å². The highest BCUT2D eigenvalue weighted by Crippen LogP contribution is 2.23. The summed E-state index contributed by atoms with van der Waals surface area (Å²) in [7, 11) is 0. The van der Waals surface area contributed by atoms with Crippen LogP contribution in [0.1, 0.15) is 24.0 Å². The number of anilines is 1. The van der Waals surface area contributed by atoms with Crippen molar-refractivity contribution in [2.75, 3.05) is 18.0 Å². The second kappa shape index (κ2) is 6.47. The molecule has 2 heterocycles. The number of benzene rings is 1. The van der Waals surface area contributed by atoms with Gasteiger partial charge in [-0.05, 0) is 36.6 Å². The molecule has 0 bridgehead atoms. The largest absolute Gasteiger partial charge is 0.369 e. The molecular weight excluding hydrogens is 260 g/mol. The summed E-state index contributed by atoms with van der Waals surface area (Å²) in [5, 5.41) is 12.9. The van der Waals surface area contributed by atoms with Crippen molar-refractivity contribution in [1.82, 2.24) is 10.3 Å². The summed E-state index contributed by atoms with van der Waals surface area (Å²) in [5.74, 6) is 0. The minimum absolute atomic E-state index is 0.473. The van der Waals surface area contributed by atoms with Crippen LogP contribution in [0, 0.1) is 11.3 Å². The standard InChI is InChI=1S/C17H20N4/c18-10-15-4-1-2-6-17(15)21-9-3-5-16(13-21)20-12-14-7-8-19-11-14/h1-2,4,6-8,11,16,19-20H,3,5,9,12-13H2. The molecule has 108 valence electrons. The van der Waals surface area contributed by atoms with E-state index in [-0.39, 0.29) is 0 Å². The SMILES string of the molecule is N#Cc1ccccc1N1CCCC(NCc2cc[nH]c2)C1. The maximum atomic E-state index is 9.25. The van der Waals surface area contributed by atoms with E-state index < -0.39 is 0 Å². The van der Waals surface area contributed by atoms with Crippen LogP contribution >= 0.6 is 0 Å². The summed E-state index contributed by atoms with van der Waals surface area (Å²) in [5.41, 5.74) is 3.11. The smallest absolute Gasteiger partial charge is 0.101 e. The van der Waals surface area contributed by atoms with Crippen LogP contribution in [0.5, 0.6) is 0 Å². The average Bonchev–Trinajstić information content (AvgIpc) is 3.06. The third-order valence-electron chi connectivity index (χ3n) is 4.04. The fourth-order valence-electron chi connectivity index (χ4n) is 2.94. The Morgan fingerprint density at radius 1 is 1.33 bits per heavy atom. The van der Waals surface area contributed by atoms with Crippen LogP contribution in [0.4, 0.5) is 5.69 Å². The summed E-state index contributed by atoms with van der Waals surface area (Å²) in [6.45, 7) is 2.88. The first kappa shape index (κ1) is 13.7. The van der Waals surface area contributed by atoms with Crippen LogP contribution in [-0.4, -0.2) is 24.1 Å². The number of aromatic nitrogens is 1. The van der Waals surface area contributed by atoms with Gasteiger partial charge in [-0.15, -0.1) is 0 Å². The second-order valence-electron chi connectivity index (χ2n) is 5.51. The highest BCUT2D eigenvalue weighted by molar-refractivity contribution is 5.59. The van der Waals surface area contributed by atoms with Gasteiger partial charge in [-0.2, -0.15) is 5.26 Å². The van der Waals surface area contributed by atoms with Crippen molar-refractivity contribution in [3.8, 4) is 6.07 Å². The number of nitrogens with zero attached hydrogens (tertiary/aromatic N) is 2. The third-order valence-corrected chi connectivity index (χ3v) is 4.04. The molecule has 2 N–H and O–H groups in total. The summed E-state index contributed by atoms with van der Waals surface area (Å²) in [6, 6.07) is 12.7. The van der Waals surface area contributed by atoms with E-state index in [9.17, 15) is 5.26 Å². The summed E-state index contributed by atoms with van der Waals surface area (Å²) < 4.78 is 0. The number of H-pyrrole nitrogens is 1. The number of hydrogen-bond acceptors (Lipinski definition) is 3. The van der Waals surface area contributed by atoms with Crippen molar-refractivity contribution in [2.45, 2.75) is 25.4 Å². The molecule has 0 amide bonds. The maximum Gasteiger partial charge on any atom is 0.101 e. The molecule has 21 heavy (non-hydrogen) atoms. The minimum atomic E-state index is 0.473. The van der Waals surface area contributed by atoms with Crippen LogP contribution in [0.25, 0.3) is 0 Å². The van der Waals surface area contributed by atoms with Crippen LogP contribution in [0.15, 0.2) is 42.7 Å². The Balaban J connectivity index is 1.64. The number of hydrogen-bond donors (Lipinski definition) is 2. The van der Waals surface area contributed by atoms with Gasteiger partial charge in [0.15, 0.2) is 0 Å². The van der Waals surface area contributed by atoms with Crippen molar-refractivity contribution < 1.29 is 0 Å². The van der Waals surface area contributed by atoms with Gasteiger partial charge in [-0.25, -0.2) is 0 Å². The van der Waals surface area contributed by atoms with Gasteiger partial charge in [0, 0.05) is 38.1 Å². The summed E-state index contributed by atoms with van der Waals surface area (Å²) in [4.78, 5) is 5.41. The monoisotopic (exact) mass is 280 g/mol. The lowest BCUT2D eigenvalue weighted by molar-refractivity contribution is 0.421. The van der Waals surface area contributed by atoms with Crippen LogP contribution in [0.3, 0.4) is 0 Å². The molecule has 0 saturated carbocycles. The first-order valence-electron chi connectivity index (χ1n) is 7.46. The predicted octanol–water partition coefficient (Wildman–Crippen LogP) is 2.64. The van der Waals surface area contributed by atoms with E-state index in [1.54, 1.807) is 0 Å². The second-order valence-corrected chi connectivity index (χ2v) is 5.51. The molecule has 1 aliphatic heterocycles. The fraction of sp³-hybridized carbons (Fsp3) is 0.353. The Morgan fingerprint density at radius 3 is 3.05 bits per heavy atom. The van der Waals surface area contributed by atoms with Gasteiger partial charge in [0.25, 0.3) is 0 Å². The molecule has 2 aromatic rings. The molecule has 1 aromatic heterocycles. The quantitative estimate of drug-likeness (QED) is 0.905. The van der Waals surface area contributed by atoms with Gasteiger partial charge in [-0.3, -0.25) is 0 Å². The van der Waals surface area contributed by atoms with E-state index in [1.165, 1.54) is 12.0 Å². The zero-order valence-electron chi connectivity index (χ0n) is 12.0. The molecule has 0 spiro atoms. The summed E-state index contributed by atoms with van der Waals surface area (Å²) >= 11 is 0. The van der Waals surface area contributed by atoms with E-state index >= 15 is 0 Å². The average molecular weight is 280 g/mol. The van der Waals surface area contributed by atoms with Gasteiger partial charge in [0.1, 0.15) is 6.07 Å². The van der Waals surface area contributed by atoms with Crippen LogP contribution in [-0.2, 0) is 6.54 Å². The molecule has 1 aliphatic rings. The number of piperidine rings is 1. The van der Waals surface area contributed by atoms with Gasteiger partial charge in [0.05, 0.1) is 11.3 Å². The van der Waals surface area contributed by atoms with Crippen molar-refractivity contribution in [3.63, 3.8) is 0 Å². The Labute approximate surface area is 125 Å². The molecule has 0 aliphatic carbocycles. The van der Waals surface area contributed by atoms with E-state index in [4.69, 9.17) is 0 Å².